The molecule has 1 fully saturated rings. The number of nitrogens with zero attached hydrogens (tertiary/aromatic N) is 1. The van der Waals surface area contributed by atoms with Crippen LogP contribution < -0.4 is 4.74 Å². The third-order valence-corrected chi connectivity index (χ3v) is 4.70. The van der Waals surface area contributed by atoms with Crippen LogP contribution in [0.3, 0.4) is 0 Å². The zero-order chi connectivity index (χ0) is 15.9. The van der Waals surface area contributed by atoms with E-state index in [-0.39, 0.29) is 23.1 Å². The molecule has 1 heterocycles. The predicted molar refractivity (Wildman–Crippen MR) is 105 cm³/mol. The van der Waals surface area contributed by atoms with Gasteiger partial charge in [-0.25, -0.2) is 0 Å². The Morgan fingerprint density at radius 3 is 2.33 bits per heavy atom. The van der Waals surface area contributed by atoms with Crippen LogP contribution in [0.4, 0.5) is 0 Å². The van der Waals surface area contributed by atoms with Gasteiger partial charge < -0.3 is 4.74 Å². The molecular weight excluding hydrogens is 307 g/mol. The van der Waals surface area contributed by atoms with E-state index in [0.717, 1.165) is 18.8 Å². The first kappa shape index (κ1) is 19.3. The Morgan fingerprint density at radius 2 is 1.58 bits per heavy atom. The summed E-state index contributed by atoms with van der Waals surface area (Å²) in [7, 11) is 0. The highest BCUT2D eigenvalue weighted by molar-refractivity contribution is 5.75. The highest BCUT2D eigenvalue weighted by Crippen LogP contribution is 2.22. The second kappa shape index (κ2) is 10.1. The Kier molecular flexibility index (Phi) is 8.09. The molecule has 0 amide bonds. The maximum absolute atomic E-state index is 6.18. The van der Waals surface area contributed by atoms with Gasteiger partial charge in [0, 0.05) is 12.5 Å². The van der Waals surface area contributed by atoms with Gasteiger partial charge in [-0.2, -0.15) is 0 Å². The lowest BCUT2D eigenvalue weighted by Gasteiger charge is -2.32. The molecule has 24 heavy (non-hydrogen) atoms. The summed E-state index contributed by atoms with van der Waals surface area (Å²) >= 11 is 0. The lowest BCUT2D eigenvalue weighted by atomic mass is 10.0. The lowest BCUT2D eigenvalue weighted by molar-refractivity contribution is 0.124. The molecule has 0 spiro atoms. The summed E-state index contributed by atoms with van der Waals surface area (Å²) in [6.45, 7) is 5.49. The van der Waals surface area contributed by atoms with Crippen LogP contribution in [0.25, 0.3) is 0 Å². The number of piperidine rings is 1. The minimum Gasteiger partial charge on any atom is -0.492 e. The van der Waals surface area contributed by atoms with Gasteiger partial charge >= 0.3 is 23.1 Å². The van der Waals surface area contributed by atoms with Crippen molar-refractivity contribution in [2.75, 3.05) is 19.7 Å². The fourth-order valence-corrected chi connectivity index (χ4v) is 3.28. The fraction of sp³-hybridized carbons (Fsp3) is 0.429. The highest BCUT2D eigenvalue weighted by atomic mass is 24.3. The van der Waals surface area contributed by atoms with Crippen molar-refractivity contribution in [2.24, 2.45) is 0 Å². The molecule has 0 aliphatic carbocycles. The Bertz CT molecular complexity index is 596. The smallest absolute Gasteiger partial charge is 0.316 e. The van der Waals surface area contributed by atoms with E-state index in [2.05, 4.69) is 66.4 Å². The van der Waals surface area contributed by atoms with E-state index in [9.17, 15) is 0 Å². The standard InChI is InChI=1S/C21H27NO.Mg.2H/c1-18(22-14-8-3-9-15-22)17-23-21-13-7-6-12-20(21)16-19-10-4-2-5-11-19;;;/h2,4-7,10-13,18H,3,8-9,14-17H2,1H3;;;. The van der Waals surface area contributed by atoms with E-state index >= 15 is 0 Å². The summed E-state index contributed by atoms with van der Waals surface area (Å²) in [6.07, 6.45) is 4.96. The number of ether oxygens (including phenoxy) is 1. The van der Waals surface area contributed by atoms with Gasteiger partial charge in [-0.05, 0) is 50.0 Å². The molecule has 3 rings (SSSR count). The fourth-order valence-electron chi connectivity index (χ4n) is 3.28. The Balaban J connectivity index is 0.00000208. The summed E-state index contributed by atoms with van der Waals surface area (Å²) in [5, 5.41) is 0. The molecule has 2 aromatic carbocycles. The van der Waals surface area contributed by atoms with E-state index in [1.807, 2.05) is 0 Å². The van der Waals surface area contributed by atoms with Crippen molar-refractivity contribution in [2.45, 2.75) is 38.6 Å². The van der Waals surface area contributed by atoms with E-state index < -0.39 is 0 Å². The third kappa shape index (κ3) is 5.50. The SMILES string of the molecule is CC(COc1ccccc1Cc1ccccc1)N1CCCCC1.[MgH2]. The molecule has 0 N–H and O–H groups in total. The maximum Gasteiger partial charge on any atom is 0.316 e. The highest BCUT2D eigenvalue weighted by Gasteiger charge is 2.17. The van der Waals surface area contributed by atoms with Crippen molar-refractivity contribution in [3.63, 3.8) is 0 Å². The molecule has 1 aliphatic heterocycles. The van der Waals surface area contributed by atoms with Crippen LogP contribution in [0.5, 0.6) is 5.75 Å². The molecule has 3 heteroatoms. The zero-order valence-corrected chi connectivity index (χ0v) is 14.1. The van der Waals surface area contributed by atoms with Crippen molar-refractivity contribution in [3.8, 4) is 5.75 Å². The van der Waals surface area contributed by atoms with Gasteiger partial charge in [0.15, 0.2) is 0 Å². The molecule has 2 nitrogen and oxygen atoms in total. The summed E-state index contributed by atoms with van der Waals surface area (Å²) in [5.74, 6) is 1.03. The monoisotopic (exact) mass is 335 g/mol. The number of hydrogen-bond acceptors (Lipinski definition) is 2. The van der Waals surface area contributed by atoms with Crippen LogP contribution >= 0.6 is 0 Å². The zero-order valence-electron chi connectivity index (χ0n) is 14.1. The Labute approximate surface area is 162 Å². The van der Waals surface area contributed by atoms with E-state index in [4.69, 9.17) is 4.74 Å². The minimum atomic E-state index is 0. The third-order valence-electron chi connectivity index (χ3n) is 4.70. The average molecular weight is 336 g/mol. The quantitative estimate of drug-likeness (QED) is 0.748. The Morgan fingerprint density at radius 1 is 0.917 bits per heavy atom. The molecule has 0 bridgehead atoms. The molecule has 0 saturated carbocycles. The summed E-state index contributed by atoms with van der Waals surface area (Å²) in [6, 6.07) is 19.5. The van der Waals surface area contributed by atoms with Crippen molar-refractivity contribution >= 4 is 23.1 Å². The molecule has 0 radical (unpaired) electrons. The van der Waals surface area contributed by atoms with Crippen LogP contribution in [-0.4, -0.2) is 53.7 Å². The van der Waals surface area contributed by atoms with Gasteiger partial charge in [0.1, 0.15) is 12.4 Å². The number of hydrogen-bond donors (Lipinski definition) is 0. The first-order valence-corrected chi connectivity index (χ1v) is 8.81. The number of benzene rings is 2. The first-order valence-electron chi connectivity index (χ1n) is 8.81. The first-order chi connectivity index (χ1) is 11.3. The van der Waals surface area contributed by atoms with Crippen LogP contribution in [-0.2, 0) is 6.42 Å². The van der Waals surface area contributed by atoms with Crippen molar-refractivity contribution in [1.29, 1.82) is 0 Å². The number of para-hydroxylation sites is 1. The van der Waals surface area contributed by atoms with Gasteiger partial charge in [0.2, 0.25) is 0 Å². The van der Waals surface area contributed by atoms with E-state index in [0.29, 0.717) is 6.04 Å². The second-order valence-corrected chi connectivity index (χ2v) is 6.53. The molecule has 126 valence electrons. The van der Waals surface area contributed by atoms with Crippen LogP contribution in [0.15, 0.2) is 54.6 Å². The van der Waals surface area contributed by atoms with Gasteiger partial charge in [-0.1, -0.05) is 55.0 Å². The van der Waals surface area contributed by atoms with Crippen LogP contribution in [0, 0.1) is 0 Å². The van der Waals surface area contributed by atoms with Crippen molar-refractivity contribution < 1.29 is 4.74 Å². The van der Waals surface area contributed by atoms with Crippen molar-refractivity contribution in [3.05, 3.63) is 65.7 Å². The van der Waals surface area contributed by atoms with Gasteiger partial charge in [0.05, 0.1) is 0 Å². The Hall–Kier alpha value is -1.03. The van der Waals surface area contributed by atoms with E-state index in [1.165, 1.54) is 43.5 Å². The topological polar surface area (TPSA) is 12.5 Å². The molecular formula is C21H29MgNO. The van der Waals surface area contributed by atoms with Gasteiger partial charge in [-0.15, -0.1) is 0 Å². The van der Waals surface area contributed by atoms with E-state index in [1.54, 1.807) is 0 Å². The lowest BCUT2D eigenvalue weighted by Crippen LogP contribution is -2.40. The summed E-state index contributed by atoms with van der Waals surface area (Å²) < 4.78 is 6.18. The number of rotatable bonds is 6. The molecule has 0 aromatic heterocycles. The summed E-state index contributed by atoms with van der Waals surface area (Å²) in [5.41, 5.74) is 2.59. The molecule has 2 aromatic rings. The normalized spacial score (nSPS) is 16.2. The van der Waals surface area contributed by atoms with Crippen LogP contribution in [0.2, 0.25) is 0 Å². The minimum absolute atomic E-state index is 0. The molecule has 1 atom stereocenters. The maximum atomic E-state index is 6.18. The summed E-state index contributed by atoms with van der Waals surface area (Å²) in [4.78, 5) is 2.56. The largest absolute Gasteiger partial charge is 0.492 e. The number of likely N-dealkylation sites (tertiary alicyclic amines) is 1. The van der Waals surface area contributed by atoms with Crippen LogP contribution in [0.1, 0.15) is 37.3 Å². The predicted octanol–water partition coefficient (Wildman–Crippen LogP) is 3.61. The molecule has 1 saturated heterocycles. The molecule has 1 aliphatic rings. The average Bonchev–Trinajstić information content (AvgIpc) is 2.62. The van der Waals surface area contributed by atoms with Gasteiger partial charge in [-0.3, -0.25) is 4.90 Å². The van der Waals surface area contributed by atoms with Gasteiger partial charge in [0.25, 0.3) is 0 Å². The second-order valence-electron chi connectivity index (χ2n) is 6.53. The molecule has 1 unspecified atom stereocenters. The van der Waals surface area contributed by atoms with Crippen molar-refractivity contribution in [1.82, 2.24) is 4.90 Å².